The molecule has 0 bridgehead atoms. The number of nitrogens with zero attached hydrogens (tertiary/aromatic N) is 4. The van der Waals surface area contributed by atoms with E-state index in [9.17, 15) is 4.79 Å². The van der Waals surface area contributed by atoms with Gasteiger partial charge in [-0.2, -0.15) is 0 Å². The zero-order chi connectivity index (χ0) is 20.4. The van der Waals surface area contributed by atoms with Gasteiger partial charge >= 0.3 is 0 Å². The van der Waals surface area contributed by atoms with Gasteiger partial charge in [0.05, 0.1) is 17.9 Å². The molecule has 0 radical (unpaired) electrons. The molecule has 0 unspecified atom stereocenters. The van der Waals surface area contributed by atoms with Crippen molar-refractivity contribution in [3.05, 3.63) is 48.0 Å². The van der Waals surface area contributed by atoms with E-state index < -0.39 is 10.4 Å². The van der Waals surface area contributed by atoms with E-state index in [1.54, 1.807) is 18.5 Å². The minimum Gasteiger partial charge on any atom is -0.492 e. The number of likely N-dealkylation sites (tertiary alicyclic amines) is 1. The third kappa shape index (κ3) is 4.29. The zero-order valence-electron chi connectivity index (χ0n) is 16.7. The van der Waals surface area contributed by atoms with Crippen LogP contribution in [0.1, 0.15) is 29.0 Å². The van der Waals surface area contributed by atoms with Crippen LogP contribution < -0.4 is 15.2 Å². The van der Waals surface area contributed by atoms with Crippen LogP contribution in [0.5, 0.6) is 5.75 Å². The summed E-state index contributed by atoms with van der Waals surface area (Å²) in [4.78, 5) is 22.6. The van der Waals surface area contributed by atoms with E-state index >= 15 is 0 Å². The van der Waals surface area contributed by atoms with Gasteiger partial charge in [0.15, 0.2) is 0 Å². The van der Waals surface area contributed by atoms with Crippen molar-refractivity contribution in [2.45, 2.75) is 12.8 Å². The zero-order valence-corrected chi connectivity index (χ0v) is 17.5. The van der Waals surface area contributed by atoms with Crippen molar-refractivity contribution in [3.63, 3.8) is 0 Å². The fraction of sp³-hybridized carbons (Fsp3) is 0.400. The van der Waals surface area contributed by atoms with E-state index in [1.165, 1.54) is 0 Å². The average Bonchev–Trinajstić information content (AvgIpc) is 2.71. The number of nitrogens with two attached hydrogens (primary N) is 1. The number of anilines is 1. The minimum absolute atomic E-state index is 0.127. The molecule has 1 fully saturated rings. The summed E-state index contributed by atoms with van der Waals surface area (Å²) in [5, 5.41) is 0. The van der Waals surface area contributed by atoms with Gasteiger partial charge in [0.1, 0.15) is 11.6 Å². The van der Waals surface area contributed by atoms with Crippen LogP contribution >= 0.6 is 10.4 Å². The fourth-order valence-electron chi connectivity index (χ4n) is 3.73. The summed E-state index contributed by atoms with van der Waals surface area (Å²) in [6.45, 7) is 1.86. The van der Waals surface area contributed by atoms with Crippen molar-refractivity contribution < 1.29 is 9.53 Å². The molecule has 1 amide bonds. The first-order chi connectivity index (χ1) is 13.9. The predicted octanol–water partition coefficient (Wildman–Crippen LogP) is 2.43. The summed E-state index contributed by atoms with van der Waals surface area (Å²) in [6, 6.07) is 7.58. The number of fused-ring (bicyclic) bond motifs is 1. The van der Waals surface area contributed by atoms with Crippen LogP contribution in [-0.2, 0) is 0 Å². The molecular formula is C20H26N6O2S. The molecule has 3 N–H and O–H groups in total. The first kappa shape index (κ1) is 19.5. The number of nitrogens with one attached hydrogen (secondary N) is 1. The van der Waals surface area contributed by atoms with Gasteiger partial charge in [0.25, 0.3) is 5.91 Å². The Hall–Kier alpha value is -2.81. The SMILES string of the molecule is CS1(C)N=C(N)c2c(cccc2OC[C@H]2CCCN(C(=O)c3ncccn3)C2)N1. The Kier molecular flexibility index (Phi) is 5.31. The van der Waals surface area contributed by atoms with Crippen molar-refractivity contribution in [3.8, 4) is 5.75 Å². The second-order valence-corrected chi connectivity index (χ2v) is 10.6. The Morgan fingerprint density at radius 1 is 1.31 bits per heavy atom. The summed E-state index contributed by atoms with van der Waals surface area (Å²) in [5.41, 5.74) is 8.02. The smallest absolute Gasteiger partial charge is 0.291 e. The third-order valence-electron chi connectivity index (χ3n) is 5.01. The van der Waals surface area contributed by atoms with Gasteiger partial charge in [-0.05, 0) is 31.0 Å². The van der Waals surface area contributed by atoms with Gasteiger partial charge in [0, 0.05) is 43.9 Å². The van der Waals surface area contributed by atoms with Gasteiger partial charge in [-0.3, -0.25) is 4.79 Å². The van der Waals surface area contributed by atoms with Crippen molar-refractivity contribution in [1.82, 2.24) is 14.9 Å². The lowest BCUT2D eigenvalue weighted by Gasteiger charge is -2.35. The molecule has 0 spiro atoms. The van der Waals surface area contributed by atoms with E-state index in [-0.39, 0.29) is 17.6 Å². The van der Waals surface area contributed by atoms with E-state index in [0.717, 1.165) is 36.4 Å². The first-order valence-electron chi connectivity index (χ1n) is 9.62. The van der Waals surface area contributed by atoms with Crippen LogP contribution in [0.2, 0.25) is 0 Å². The number of hydrogen-bond acceptors (Lipinski definition) is 7. The summed E-state index contributed by atoms with van der Waals surface area (Å²) in [7, 11) is -1.34. The van der Waals surface area contributed by atoms with E-state index in [1.807, 2.05) is 23.1 Å². The molecule has 1 saturated heterocycles. The molecule has 9 heteroatoms. The molecule has 0 aliphatic carbocycles. The number of hydrogen-bond donors (Lipinski definition) is 2. The second kappa shape index (κ2) is 7.90. The van der Waals surface area contributed by atoms with Gasteiger partial charge < -0.3 is 20.1 Å². The molecular weight excluding hydrogens is 388 g/mol. The Morgan fingerprint density at radius 2 is 2.10 bits per heavy atom. The number of rotatable bonds is 4. The van der Waals surface area contributed by atoms with Crippen molar-refractivity contribution >= 4 is 27.8 Å². The Morgan fingerprint density at radius 3 is 2.90 bits per heavy atom. The minimum atomic E-state index is -1.34. The molecule has 154 valence electrons. The number of amidine groups is 1. The molecule has 0 saturated carbocycles. The first-order valence-corrected chi connectivity index (χ1v) is 12.0. The summed E-state index contributed by atoms with van der Waals surface area (Å²) in [6.07, 6.45) is 9.23. The molecule has 1 aromatic heterocycles. The maximum atomic E-state index is 12.6. The van der Waals surface area contributed by atoms with Crippen molar-refractivity contribution in [1.29, 1.82) is 0 Å². The Labute approximate surface area is 172 Å². The Bertz CT molecular complexity index is 934. The molecule has 3 heterocycles. The van der Waals surface area contributed by atoms with Crippen molar-refractivity contribution in [2.24, 2.45) is 16.0 Å². The highest BCUT2D eigenvalue weighted by Gasteiger charge is 2.28. The van der Waals surface area contributed by atoms with Crippen LogP contribution in [-0.4, -0.2) is 58.8 Å². The van der Waals surface area contributed by atoms with E-state index in [2.05, 4.69) is 31.6 Å². The lowest BCUT2D eigenvalue weighted by atomic mass is 9.98. The molecule has 1 aromatic carbocycles. The Balaban J connectivity index is 1.43. The summed E-state index contributed by atoms with van der Waals surface area (Å²) < 4.78 is 14.2. The largest absolute Gasteiger partial charge is 0.492 e. The highest BCUT2D eigenvalue weighted by atomic mass is 32.3. The van der Waals surface area contributed by atoms with E-state index in [0.29, 0.717) is 19.0 Å². The highest BCUT2D eigenvalue weighted by Crippen LogP contribution is 2.47. The maximum absolute atomic E-state index is 12.6. The average molecular weight is 415 g/mol. The lowest BCUT2D eigenvalue weighted by Crippen LogP contribution is -2.42. The second-order valence-electron chi connectivity index (χ2n) is 7.67. The number of piperidine rings is 1. The van der Waals surface area contributed by atoms with Gasteiger partial charge in [0.2, 0.25) is 5.82 Å². The number of carbonyl (C=O) groups is 1. The number of benzene rings is 1. The topological polar surface area (TPSA) is 106 Å². The predicted molar refractivity (Wildman–Crippen MR) is 116 cm³/mol. The molecule has 8 nitrogen and oxygen atoms in total. The lowest BCUT2D eigenvalue weighted by molar-refractivity contribution is 0.0621. The molecule has 4 rings (SSSR count). The van der Waals surface area contributed by atoms with Crippen LogP contribution in [0.25, 0.3) is 0 Å². The molecule has 2 aromatic rings. The molecule has 2 aliphatic rings. The van der Waals surface area contributed by atoms with Crippen LogP contribution in [0.3, 0.4) is 0 Å². The number of carbonyl (C=O) groups excluding carboxylic acids is 1. The summed E-state index contributed by atoms with van der Waals surface area (Å²) >= 11 is 0. The van der Waals surface area contributed by atoms with Crippen molar-refractivity contribution in [2.75, 3.05) is 36.9 Å². The summed E-state index contributed by atoms with van der Waals surface area (Å²) in [5.74, 6) is 1.59. The third-order valence-corrected chi connectivity index (χ3v) is 6.38. The van der Waals surface area contributed by atoms with E-state index in [4.69, 9.17) is 10.5 Å². The number of amides is 1. The number of ether oxygens (including phenoxy) is 1. The number of aromatic nitrogens is 2. The molecule has 1 atom stereocenters. The standard InChI is InChI=1S/C20H26N6O2S/c1-29(2)24-15-7-3-8-16(17(15)18(21)25-29)28-13-14-6-4-11-26(12-14)20(27)19-22-9-5-10-23-19/h3,5,7-10,14,24H,4,6,11-13H2,1-2H3,(H2,21,25)/t14-/m0/s1. The van der Waals surface area contributed by atoms with Gasteiger partial charge in [-0.25, -0.2) is 14.4 Å². The molecule has 29 heavy (non-hydrogen) atoms. The molecule has 2 aliphatic heterocycles. The monoisotopic (exact) mass is 414 g/mol. The highest BCUT2D eigenvalue weighted by molar-refractivity contribution is 8.32. The fourth-order valence-corrected chi connectivity index (χ4v) is 5.07. The van der Waals surface area contributed by atoms with Crippen LogP contribution in [0, 0.1) is 5.92 Å². The van der Waals surface area contributed by atoms with Gasteiger partial charge in [-0.1, -0.05) is 16.5 Å². The maximum Gasteiger partial charge on any atom is 0.291 e. The quantitative estimate of drug-likeness (QED) is 0.796. The van der Waals surface area contributed by atoms with Crippen LogP contribution in [0.15, 0.2) is 41.1 Å². The van der Waals surface area contributed by atoms with Crippen LogP contribution in [0.4, 0.5) is 5.69 Å². The normalized spacial score (nSPS) is 21.4. The van der Waals surface area contributed by atoms with Gasteiger partial charge in [-0.15, -0.1) is 0 Å².